The minimum atomic E-state index is 0.177. The monoisotopic (exact) mass is 350 g/mol. The normalized spacial score (nSPS) is 36.5. The molecule has 26 heavy (non-hydrogen) atoms. The number of benzene rings is 1. The number of anilines is 2. The van der Waals surface area contributed by atoms with E-state index >= 15 is 0 Å². The molecule has 0 bridgehead atoms. The van der Waals surface area contributed by atoms with Gasteiger partial charge in [-0.2, -0.15) is 0 Å². The quantitative estimate of drug-likeness (QED) is 0.790. The first-order chi connectivity index (χ1) is 12.5. The molecule has 5 rings (SSSR count). The Morgan fingerprint density at radius 1 is 0.923 bits per heavy atom. The Hall–Kier alpha value is -2.10. The molecule has 0 aliphatic carbocycles. The molecule has 138 valence electrons. The van der Waals surface area contributed by atoms with Gasteiger partial charge in [-0.25, -0.2) is 0 Å². The first-order valence-electron chi connectivity index (χ1n) is 9.99. The van der Waals surface area contributed by atoms with Crippen molar-refractivity contribution in [1.82, 2.24) is 9.80 Å². The van der Waals surface area contributed by atoms with Gasteiger partial charge in [0.15, 0.2) is 0 Å². The molecule has 4 heterocycles. The fourth-order valence-electron chi connectivity index (χ4n) is 6.43. The third-order valence-electron chi connectivity index (χ3n) is 7.95. The first kappa shape index (κ1) is 16.1. The molecule has 4 nitrogen and oxygen atoms in total. The predicted octanol–water partition coefficient (Wildman–Crippen LogP) is 4.27. The second kappa shape index (κ2) is 4.99. The van der Waals surface area contributed by atoms with Crippen LogP contribution in [0, 0.1) is 5.41 Å². The summed E-state index contributed by atoms with van der Waals surface area (Å²) in [5.74, 6) is 0. The Balaban J connectivity index is 1.84. The summed E-state index contributed by atoms with van der Waals surface area (Å²) < 4.78 is 0. The number of nitrogens with zero attached hydrogens (tertiary/aromatic N) is 4. The molecule has 4 atom stereocenters. The van der Waals surface area contributed by atoms with Crippen molar-refractivity contribution in [3.05, 3.63) is 48.6 Å². The highest BCUT2D eigenvalue weighted by Gasteiger charge is 2.63. The fourth-order valence-corrected chi connectivity index (χ4v) is 6.43. The average Bonchev–Trinajstić information content (AvgIpc) is 3.23. The number of fused-ring (bicyclic) bond motifs is 4. The van der Waals surface area contributed by atoms with Crippen LogP contribution in [0.1, 0.15) is 45.6 Å². The maximum atomic E-state index is 2.54. The third kappa shape index (κ3) is 1.58. The van der Waals surface area contributed by atoms with Gasteiger partial charge >= 0.3 is 0 Å². The molecule has 4 unspecified atom stereocenters. The lowest BCUT2D eigenvalue weighted by Crippen LogP contribution is -2.65. The van der Waals surface area contributed by atoms with E-state index in [0.29, 0.717) is 12.3 Å². The highest BCUT2D eigenvalue weighted by atomic mass is 15.4. The third-order valence-corrected chi connectivity index (χ3v) is 7.95. The highest BCUT2D eigenvalue weighted by Crippen LogP contribution is 2.65. The van der Waals surface area contributed by atoms with E-state index in [0.717, 1.165) is 0 Å². The van der Waals surface area contributed by atoms with Crippen molar-refractivity contribution in [2.45, 2.75) is 57.8 Å². The average molecular weight is 351 g/mol. The van der Waals surface area contributed by atoms with Gasteiger partial charge in [-0.05, 0) is 31.4 Å². The number of hydrogen-bond acceptors (Lipinski definition) is 4. The zero-order valence-corrected chi connectivity index (χ0v) is 16.6. The maximum absolute atomic E-state index is 2.54. The van der Waals surface area contributed by atoms with Crippen molar-refractivity contribution in [3.8, 4) is 0 Å². The SMILES string of the molecule is CCC12CC3N(C)C=CN3c3cccc(c31)N1C=CN(C)C1C2(C)CC. The molecule has 0 radical (unpaired) electrons. The summed E-state index contributed by atoms with van der Waals surface area (Å²) in [4.78, 5) is 9.85. The molecule has 0 saturated heterocycles. The zero-order valence-electron chi connectivity index (χ0n) is 16.6. The van der Waals surface area contributed by atoms with Crippen molar-refractivity contribution >= 4 is 11.4 Å². The zero-order chi connectivity index (χ0) is 18.3. The Morgan fingerprint density at radius 2 is 1.58 bits per heavy atom. The van der Waals surface area contributed by atoms with Crippen LogP contribution in [0.25, 0.3) is 0 Å². The van der Waals surface area contributed by atoms with E-state index in [2.05, 4.69) is 97.5 Å². The van der Waals surface area contributed by atoms with E-state index in [1.165, 1.54) is 30.6 Å². The van der Waals surface area contributed by atoms with Gasteiger partial charge in [-0.15, -0.1) is 0 Å². The van der Waals surface area contributed by atoms with E-state index in [-0.39, 0.29) is 10.8 Å². The highest BCUT2D eigenvalue weighted by molar-refractivity contribution is 5.77. The molecule has 0 aromatic heterocycles. The van der Waals surface area contributed by atoms with Crippen molar-refractivity contribution < 1.29 is 0 Å². The number of hydrogen-bond donors (Lipinski definition) is 0. The van der Waals surface area contributed by atoms with Gasteiger partial charge in [0.1, 0.15) is 12.3 Å². The molecule has 0 saturated carbocycles. The molecular weight excluding hydrogens is 320 g/mol. The van der Waals surface area contributed by atoms with Crippen LogP contribution in [0.5, 0.6) is 0 Å². The van der Waals surface area contributed by atoms with Gasteiger partial charge in [-0.1, -0.05) is 26.8 Å². The molecular formula is C22H30N4. The van der Waals surface area contributed by atoms with Crippen LogP contribution in [0.3, 0.4) is 0 Å². The summed E-state index contributed by atoms with van der Waals surface area (Å²) in [6, 6.07) is 6.90. The first-order valence-corrected chi connectivity index (χ1v) is 9.99. The molecule has 0 spiro atoms. The van der Waals surface area contributed by atoms with Crippen LogP contribution in [-0.4, -0.2) is 36.2 Å². The number of rotatable bonds is 2. The molecule has 0 amide bonds. The Morgan fingerprint density at radius 3 is 2.27 bits per heavy atom. The van der Waals surface area contributed by atoms with Gasteiger partial charge in [0.05, 0.1) is 0 Å². The second-order valence-electron chi connectivity index (χ2n) is 8.68. The summed E-state index contributed by atoms with van der Waals surface area (Å²) in [7, 11) is 4.46. The molecule has 0 N–H and O–H groups in total. The van der Waals surface area contributed by atoms with Crippen LogP contribution in [0.15, 0.2) is 43.0 Å². The van der Waals surface area contributed by atoms with E-state index in [1.807, 2.05) is 0 Å². The predicted molar refractivity (Wildman–Crippen MR) is 108 cm³/mol. The van der Waals surface area contributed by atoms with Gasteiger partial charge < -0.3 is 19.6 Å². The summed E-state index contributed by atoms with van der Waals surface area (Å²) in [6.07, 6.45) is 13.4. The van der Waals surface area contributed by atoms with Gasteiger partial charge in [0, 0.05) is 66.7 Å². The molecule has 4 aliphatic heterocycles. The molecule has 4 heteroatoms. The van der Waals surface area contributed by atoms with Crippen LogP contribution >= 0.6 is 0 Å². The minimum absolute atomic E-state index is 0.177. The van der Waals surface area contributed by atoms with E-state index in [1.54, 1.807) is 5.56 Å². The lowest BCUT2D eigenvalue weighted by molar-refractivity contribution is 0.00759. The summed E-state index contributed by atoms with van der Waals surface area (Å²) in [6.45, 7) is 7.33. The van der Waals surface area contributed by atoms with E-state index in [9.17, 15) is 0 Å². The van der Waals surface area contributed by atoms with Crippen LogP contribution in [0.4, 0.5) is 11.4 Å². The topological polar surface area (TPSA) is 13.0 Å². The lowest BCUT2D eigenvalue weighted by Gasteiger charge is -2.63. The van der Waals surface area contributed by atoms with E-state index in [4.69, 9.17) is 0 Å². The Bertz CT molecular complexity index is 800. The summed E-state index contributed by atoms with van der Waals surface area (Å²) in [5, 5.41) is 0. The Kier molecular flexibility index (Phi) is 3.09. The van der Waals surface area contributed by atoms with Crippen molar-refractivity contribution in [2.75, 3.05) is 23.9 Å². The van der Waals surface area contributed by atoms with E-state index < -0.39 is 0 Å². The fraction of sp³-hybridized carbons (Fsp3) is 0.545. The standard InChI is InChI=1S/C22H30N4/c1-6-21(3)20-24(5)12-14-26(20)17-10-8-9-16-19(17)22(21,7-2)15-18-23(4)11-13-25(16)18/h8-14,18,20H,6-7,15H2,1-5H3. The smallest absolute Gasteiger partial charge is 0.111 e. The molecule has 0 fully saturated rings. The maximum Gasteiger partial charge on any atom is 0.111 e. The van der Waals surface area contributed by atoms with Crippen molar-refractivity contribution in [1.29, 1.82) is 0 Å². The summed E-state index contributed by atoms with van der Waals surface area (Å²) in [5.41, 5.74) is 4.73. The van der Waals surface area contributed by atoms with Gasteiger partial charge in [-0.3, -0.25) is 0 Å². The second-order valence-corrected chi connectivity index (χ2v) is 8.68. The summed E-state index contributed by atoms with van der Waals surface area (Å²) >= 11 is 0. The van der Waals surface area contributed by atoms with Crippen LogP contribution in [0.2, 0.25) is 0 Å². The largest absolute Gasteiger partial charge is 0.359 e. The van der Waals surface area contributed by atoms with Crippen LogP contribution < -0.4 is 9.80 Å². The molecule has 1 aromatic rings. The van der Waals surface area contributed by atoms with Crippen LogP contribution in [-0.2, 0) is 5.41 Å². The minimum Gasteiger partial charge on any atom is -0.359 e. The Labute approximate surface area is 157 Å². The molecule has 4 aliphatic rings. The molecule has 1 aromatic carbocycles. The van der Waals surface area contributed by atoms with Crippen molar-refractivity contribution in [3.63, 3.8) is 0 Å². The van der Waals surface area contributed by atoms with Gasteiger partial charge in [0.25, 0.3) is 0 Å². The van der Waals surface area contributed by atoms with Gasteiger partial charge in [0.2, 0.25) is 0 Å². The van der Waals surface area contributed by atoms with Crippen molar-refractivity contribution in [2.24, 2.45) is 5.41 Å². The lowest BCUT2D eigenvalue weighted by atomic mass is 9.51.